The first kappa shape index (κ1) is 28.1. The van der Waals surface area contributed by atoms with E-state index >= 15 is 0 Å². The third-order valence-electron chi connectivity index (χ3n) is 5.43. The summed E-state index contributed by atoms with van der Waals surface area (Å²) in [5, 5.41) is 3.27. The Morgan fingerprint density at radius 1 is 0.559 bits per heavy atom. The topological polar surface area (TPSA) is 38.7 Å². The molecule has 0 spiro atoms. The highest BCUT2D eigenvalue weighted by Gasteiger charge is 2.28. The van der Waals surface area contributed by atoms with E-state index < -0.39 is 0 Å². The fourth-order valence-corrected chi connectivity index (χ4v) is 10.9. The monoisotopic (exact) mass is 565 g/mol. The molecule has 9 heteroatoms. The van der Waals surface area contributed by atoms with Crippen molar-refractivity contribution in [3.63, 3.8) is 0 Å². The van der Waals surface area contributed by atoms with Gasteiger partial charge in [0.05, 0.1) is 0 Å². The number of pyridine rings is 3. The minimum atomic E-state index is 0.657. The Morgan fingerprint density at radius 3 is 1.26 bits per heavy atom. The van der Waals surface area contributed by atoms with E-state index in [2.05, 4.69) is 65.2 Å². The second-order valence-corrected chi connectivity index (χ2v) is 14.7. The molecule has 0 N–H and O–H groups in total. The molecule has 0 fully saturated rings. The van der Waals surface area contributed by atoms with Crippen LogP contribution in [-0.4, -0.2) is 32.2 Å². The van der Waals surface area contributed by atoms with Crippen molar-refractivity contribution in [3.8, 4) is 0 Å². The van der Waals surface area contributed by atoms with Gasteiger partial charge in [-0.25, -0.2) is 15.0 Å². The van der Waals surface area contributed by atoms with Gasteiger partial charge in [-0.3, -0.25) is 0 Å². The van der Waals surface area contributed by atoms with Crippen LogP contribution in [0, 0.1) is 17.8 Å². The average Bonchev–Trinajstić information content (AvgIpc) is 2.90. The van der Waals surface area contributed by atoms with E-state index in [0.717, 1.165) is 32.3 Å². The first-order valence-corrected chi connectivity index (χ1v) is 18.4. The van der Waals surface area contributed by atoms with Gasteiger partial charge in [-0.15, -0.1) is 0 Å². The van der Waals surface area contributed by atoms with Gasteiger partial charge in [0, 0.05) is 35.8 Å². The van der Waals surface area contributed by atoms with Crippen molar-refractivity contribution in [1.29, 1.82) is 0 Å². The number of hydrogen-bond donors (Lipinski definition) is 0. The summed E-state index contributed by atoms with van der Waals surface area (Å²) >= 11 is 0. The van der Waals surface area contributed by atoms with Crippen molar-refractivity contribution in [2.24, 2.45) is 17.8 Å². The lowest BCUT2D eigenvalue weighted by Gasteiger charge is -2.32. The molecule has 3 aromatic rings. The van der Waals surface area contributed by atoms with Crippen LogP contribution in [0.5, 0.6) is 0 Å². The van der Waals surface area contributed by atoms with Gasteiger partial charge in [0.1, 0.15) is 15.1 Å². The molecule has 0 aliphatic carbocycles. The largest absolute Gasteiger partial charge is 0.249 e. The van der Waals surface area contributed by atoms with Crippen LogP contribution < -0.4 is 0 Å². The van der Waals surface area contributed by atoms with E-state index in [4.69, 9.17) is 0 Å². The van der Waals surface area contributed by atoms with Crippen molar-refractivity contribution in [1.82, 2.24) is 15.0 Å². The lowest BCUT2D eigenvalue weighted by atomic mass is 9.82. The summed E-state index contributed by atoms with van der Waals surface area (Å²) in [5.74, 6) is 5.43. The van der Waals surface area contributed by atoms with Crippen molar-refractivity contribution < 1.29 is 0 Å². The van der Waals surface area contributed by atoms with E-state index in [0.29, 0.717) is 17.8 Å². The zero-order valence-corrected chi connectivity index (χ0v) is 24.4. The predicted octanol–water partition coefficient (Wildman–Crippen LogP) is 9.16. The van der Waals surface area contributed by atoms with Crippen LogP contribution in [0.15, 0.2) is 88.3 Å². The lowest BCUT2D eigenvalue weighted by molar-refractivity contribution is 0.282. The van der Waals surface area contributed by atoms with Crippen LogP contribution in [0.3, 0.4) is 0 Å². The summed E-state index contributed by atoms with van der Waals surface area (Å²) in [4.78, 5) is 13.4. The SMILES string of the molecule is CCC(CSSc1ccccn1)C(CSSc1ccccn1)C(CC)CSSc1ccccn1. The van der Waals surface area contributed by atoms with Gasteiger partial charge in [-0.1, -0.05) is 77.3 Å². The van der Waals surface area contributed by atoms with Gasteiger partial charge >= 0.3 is 0 Å². The van der Waals surface area contributed by atoms with E-state index in [9.17, 15) is 0 Å². The maximum absolute atomic E-state index is 4.49. The Kier molecular flexibility index (Phi) is 14.1. The Hall–Kier alpha value is -0.450. The van der Waals surface area contributed by atoms with Crippen LogP contribution in [0.2, 0.25) is 0 Å². The molecule has 0 saturated heterocycles. The van der Waals surface area contributed by atoms with E-state index in [1.54, 1.807) is 21.6 Å². The second-order valence-electron chi connectivity index (χ2n) is 7.61. The maximum Gasteiger partial charge on any atom is 0.106 e. The first-order chi connectivity index (χ1) is 16.8. The fraction of sp³-hybridized carbons (Fsp3) is 0.400. The molecule has 3 aromatic heterocycles. The summed E-state index contributed by atoms with van der Waals surface area (Å²) in [6.45, 7) is 4.70. The second kappa shape index (κ2) is 17.1. The quantitative estimate of drug-likeness (QED) is 0.158. The zero-order valence-electron chi connectivity index (χ0n) is 19.5. The molecule has 0 saturated carbocycles. The molecule has 0 amide bonds. The molecule has 182 valence electrons. The average molecular weight is 566 g/mol. The van der Waals surface area contributed by atoms with Crippen molar-refractivity contribution >= 4 is 64.8 Å². The molecule has 34 heavy (non-hydrogen) atoms. The Morgan fingerprint density at radius 2 is 0.941 bits per heavy atom. The van der Waals surface area contributed by atoms with Crippen LogP contribution in [0.4, 0.5) is 0 Å². The van der Waals surface area contributed by atoms with Gasteiger partial charge in [0.2, 0.25) is 0 Å². The van der Waals surface area contributed by atoms with Crippen LogP contribution in [0.25, 0.3) is 0 Å². The fourth-order valence-electron chi connectivity index (χ4n) is 3.47. The van der Waals surface area contributed by atoms with Gasteiger partial charge in [-0.2, -0.15) is 0 Å². The Labute approximate surface area is 228 Å². The highest BCUT2D eigenvalue weighted by Crippen LogP contribution is 2.42. The molecule has 0 radical (unpaired) electrons. The van der Waals surface area contributed by atoms with Gasteiger partial charge in [-0.05, 0) is 86.5 Å². The number of hydrogen-bond acceptors (Lipinski definition) is 9. The van der Waals surface area contributed by atoms with Gasteiger partial charge < -0.3 is 0 Å². The smallest absolute Gasteiger partial charge is 0.106 e. The molecule has 3 nitrogen and oxygen atoms in total. The highest BCUT2D eigenvalue weighted by molar-refractivity contribution is 8.77. The van der Waals surface area contributed by atoms with E-state index in [-0.39, 0.29) is 0 Å². The van der Waals surface area contributed by atoms with Crippen LogP contribution in [-0.2, 0) is 0 Å². The third kappa shape index (κ3) is 10.3. The number of rotatable bonds is 16. The molecule has 0 aromatic carbocycles. The Balaban J connectivity index is 1.59. The molecular formula is C25H31N3S6. The van der Waals surface area contributed by atoms with Crippen LogP contribution in [0.1, 0.15) is 26.7 Å². The van der Waals surface area contributed by atoms with E-state index in [1.165, 1.54) is 12.8 Å². The molecule has 0 bridgehead atoms. The molecule has 3 heterocycles. The summed E-state index contributed by atoms with van der Waals surface area (Å²) in [7, 11) is 11.3. The van der Waals surface area contributed by atoms with Gasteiger partial charge in [0.25, 0.3) is 0 Å². The van der Waals surface area contributed by atoms with E-state index in [1.807, 2.05) is 80.0 Å². The third-order valence-corrected chi connectivity index (χ3v) is 12.5. The standard InChI is InChI=1S/C25H31N3S6/c1-3-20(17-29-32-23-11-5-8-14-26-23)22(19-31-34-25-13-7-10-16-28-25)21(4-2)18-30-33-24-12-6-9-15-27-24/h5-16,20-22H,3-4,17-19H2,1-2H3. The summed E-state index contributed by atoms with van der Waals surface area (Å²) in [6, 6.07) is 18.4. The summed E-state index contributed by atoms with van der Waals surface area (Å²) in [6.07, 6.45) is 8.02. The zero-order chi connectivity index (χ0) is 23.8. The van der Waals surface area contributed by atoms with Crippen molar-refractivity contribution in [3.05, 3.63) is 73.2 Å². The maximum atomic E-state index is 4.49. The summed E-state index contributed by atoms with van der Waals surface area (Å²) < 4.78 is 0. The van der Waals surface area contributed by atoms with Gasteiger partial charge in [0.15, 0.2) is 0 Å². The highest BCUT2D eigenvalue weighted by atomic mass is 33.1. The predicted molar refractivity (Wildman–Crippen MR) is 159 cm³/mol. The molecule has 2 atom stereocenters. The minimum Gasteiger partial charge on any atom is -0.249 e. The number of nitrogens with zero attached hydrogens (tertiary/aromatic N) is 3. The number of aromatic nitrogens is 3. The molecule has 3 rings (SSSR count). The molecule has 2 unspecified atom stereocenters. The molecule has 0 aliphatic rings. The van der Waals surface area contributed by atoms with Crippen molar-refractivity contribution in [2.45, 2.75) is 41.8 Å². The minimum absolute atomic E-state index is 0.657. The normalized spacial score (nSPS) is 13.9. The molecular weight excluding hydrogens is 535 g/mol. The summed E-state index contributed by atoms with van der Waals surface area (Å²) in [5.41, 5.74) is 0. The molecule has 0 aliphatic heterocycles. The lowest BCUT2D eigenvalue weighted by Crippen LogP contribution is -2.28. The van der Waals surface area contributed by atoms with Crippen LogP contribution >= 0.6 is 64.8 Å². The first-order valence-electron chi connectivity index (χ1n) is 11.4. The Bertz CT molecular complexity index is 851. The van der Waals surface area contributed by atoms with Crippen molar-refractivity contribution in [2.75, 3.05) is 17.3 Å².